The molecule has 4 N–H and O–H groups in total. The van der Waals surface area contributed by atoms with Gasteiger partial charge >= 0.3 is 6.18 Å². The molecule has 0 saturated heterocycles. The van der Waals surface area contributed by atoms with E-state index >= 15 is 0 Å². The number of nitrogen functional groups attached to an aromatic ring is 1. The van der Waals surface area contributed by atoms with E-state index in [1.54, 1.807) is 30.3 Å². The van der Waals surface area contributed by atoms with Gasteiger partial charge in [0.05, 0.1) is 27.0 Å². The average Bonchev–Trinajstić information content (AvgIpc) is 3.66. The molecule has 2 aromatic heterocycles. The lowest BCUT2D eigenvalue weighted by molar-refractivity contribution is -0.0885. The molecule has 0 spiro atoms. The predicted molar refractivity (Wildman–Crippen MR) is 167 cm³/mol. The van der Waals surface area contributed by atoms with Crippen molar-refractivity contribution in [1.29, 1.82) is 0 Å². The van der Waals surface area contributed by atoms with Crippen LogP contribution in [0.15, 0.2) is 66.0 Å². The standard InChI is InChI=1S/C30H24F3N5O5S2/c1-41-21-12-19(13-22(42-2)23(21)43-3)36-29-38-26(34)24(45-29)28-37-20(14-44-28)17-5-4-6-18(11-17)35-27(40)16-9-7-15(8-10-16)25(39)30(31,32)33/h4-14H,34H2,1-3H3,(H,35,40)(H,36,38). The van der Waals surface area contributed by atoms with E-state index in [9.17, 15) is 22.8 Å². The number of nitrogens with zero attached hydrogens (tertiary/aromatic N) is 2. The Morgan fingerprint density at radius 2 is 1.53 bits per heavy atom. The summed E-state index contributed by atoms with van der Waals surface area (Å²) in [4.78, 5) is 34.0. The fraction of sp³-hybridized carbons (Fsp3) is 0.133. The van der Waals surface area contributed by atoms with Crippen molar-refractivity contribution < 1.29 is 37.0 Å². The van der Waals surface area contributed by atoms with Crippen LogP contribution in [0, 0.1) is 0 Å². The van der Waals surface area contributed by atoms with Gasteiger partial charge in [0, 0.05) is 45.6 Å². The molecule has 45 heavy (non-hydrogen) atoms. The maximum Gasteiger partial charge on any atom is 0.454 e. The van der Waals surface area contributed by atoms with Crippen molar-refractivity contribution in [3.8, 4) is 38.4 Å². The molecule has 0 atom stereocenters. The SMILES string of the molecule is COc1cc(Nc2nc(N)c(-c3nc(-c4cccc(NC(=O)c5ccc(C(=O)C(F)(F)F)cc5)c4)cs3)s2)cc(OC)c1OC. The molecule has 0 aliphatic heterocycles. The minimum absolute atomic E-state index is 0.0895. The number of benzene rings is 3. The van der Waals surface area contributed by atoms with Crippen molar-refractivity contribution in [3.05, 3.63) is 77.2 Å². The summed E-state index contributed by atoms with van der Waals surface area (Å²) >= 11 is 2.68. The molecule has 3 aromatic carbocycles. The summed E-state index contributed by atoms with van der Waals surface area (Å²) in [7, 11) is 4.57. The maximum absolute atomic E-state index is 12.7. The number of amides is 1. The van der Waals surface area contributed by atoms with Gasteiger partial charge in [0.2, 0.25) is 5.75 Å². The number of Topliss-reactive ketones (excluding diaryl/α,β-unsaturated/α-hetero) is 1. The molecule has 0 unspecified atom stereocenters. The van der Waals surface area contributed by atoms with Crippen molar-refractivity contribution in [2.75, 3.05) is 37.7 Å². The van der Waals surface area contributed by atoms with E-state index in [0.717, 1.165) is 24.3 Å². The van der Waals surface area contributed by atoms with E-state index in [2.05, 4.69) is 15.6 Å². The van der Waals surface area contributed by atoms with E-state index in [1.165, 1.54) is 44.0 Å². The Morgan fingerprint density at radius 1 is 0.867 bits per heavy atom. The van der Waals surface area contributed by atoms with Crippen LogP contribution < -0.4 is 30.6 Å². The number of halogens is 3. The van der Waals surface area contributed by atoms with Crippen LogP contribution in [0.2, 0.25) is 0 Å². The average molecular weight is 656 g/mol. The number of methoxy groups -OCH3 is 3. The predicted octanol–water partition coefficient (Wildman–Crippen LogP) is 7.28. The summed E-state index contributed by atoms with van der Waals surface area (Å²) in [5, 5.41) is 8.93. The molecular weight excluding hydrogens is 631 g/mol. The van der Waals surface area contributed by atoms with E-state index in [1.807, 2.05) is 11.4 Å². The molecular formula is C30H24F3N5O5S2. The van der Waals surface area contributed by atoms with Gasteiger partial charge < -0.3 is 30.6 Å². The number of nitrogens with one attached hydrogen (secondary N) is 2. The smallest absolute Gasteiger partial charge is 0.454 e. The molecule has 0 bridgehead atoms. The summed E-state index contributed by atoms with van der Waals surface area (Å²) in [6.45, 7) is 0. The summed E-state index contributed by atoms with van der Waals surface area (Å²) in [6, 6.07) is 14.7. The maximum atomic E-state index is 12.7. The van der Waals surface area contributed by atoms with Gasteiger partial charge in [-0.05, 0) is 24.3 Å². The summed E-state index contributed by atoms with van der Waals surface area (Å²) < 4.78 is 54.2. The molecule has 1 amide bonds. The number of ether oxygens (including phenoxy) is 3. The molecule has 15 heteroatoms. The van der Waals surface area contributed by atoms with Gasteiger partial charge in [-0.25, -0.2) is 9.97 Å². The van der Waals surface area contributed by atoms with Gasteiger partial charge in [0.1, 0.15) is 15.7 Å². The van der Waals surface area contributed by atoms with Gasteiger partial charge in [-0.1, -0.05) is 35.6 Å². The summed E-state index contributed by atoms with van der Waals surface area (Å²) in [5.41, 5.74) is 8.22. The first-order valence-corrected chi connectivity index (χ1v) is 14.6. The number of thiazole rings is 2. The molecule has 2 heterocycles. The number of alkyl halides is 3. The van der Waals surface area contributed by atoms with Gasteiger partial charge in [0.15, 0.2) is 16.6 Å². The number of nitrogens with two attached hydrogens (primary N) is 1. The van der Waals surface area contributed by atoms with E-state index in [-0.39, 0.29) is 5.56 Å². The molecule has 232 valence electrons. The van der Waals surface area contributed by atoms with Crippen LogP contribution in [-0.4, -0.2) is 49.2 Å². The fourth-order valence-electron chi connectivity index (χ4n) is 4.22. The number of hydrogen-bond acceptors (Lipinski definition) is 11. The van der Waals surface area contributed by atoms with Crippen molar-refractivity contribution in [1.82, 2.24) is 9.97 Å². The molecule has 0 radical (unpaired) electrons. The third-order valence-corrected chi connectivity index (χ3v) is 8.33. The zero-order valence-corrected chi connectivity index (χ0v) is 25.4. The zero-order chi connectivity index (χ0) is 32.3. The number of carbonyl (C=O) groups excluding carboxylic acids is 2. The molecule has 0 aliphatic rings. The van der Waals surface area contributed by atoms with Crippen LogP contribution in [0.5, 0.6) is 17.2 Å². The lowest BCUT2D eigenvalue weighted by Gasteiger charge is -2.14. The van der Waals surface area contributed by atoms with Gasteiger partial charge in [-0.3, -0.25) is 9.59 Å². The molecule has 5 aromatic rings. The molecule has 0 aliphatic carbocycles. The second kappa shape index (κ2) is 12.8. The quantitative estimate of drug-likeness (QED) is 0.133. The van der Waals surface area contributed by atoms with Crippen LogP contribution in [0.25, 0.3) is 21.1 Å². The van der Waals surface area contributed by atoms with Crippen LogP contribution in [0.4, 0.5) is 35.5 Å². The zero-order valence-electron chi connectivity index (χ0n) is 23.8. The highest BCUT2D eigenvalue weighted by Gasteiger charge is 2.39. The largest absolute Gasteiger partial charge is 0.493 e. The minimum atomic E-state index is -4.99. The lowest BCUT2D eigenvalue weighted by Crippen LogP contribution is -2.22. The monoisotopic (exact) mass is 655 g/mol. The van der Waals surface area contributed by atoms with Crippen molar-refractivity contribution in [2.45, 2.75) is 6.18 Å². The molecule has 5 rings (SSSR count). The second-order valence-electron chi connectivity index (χ2n) is 9.25. The normalized spacial score (nSPS) is 11.2. The van der Waals surface area contributed by atoms with Crippen LogP contribution in [-0.2, 0) is 0 Å². The van der Waals surface area contributed by atoms with Crippen LogP contribution in [0.1, 0.15) is 20.7 Å². The Kier molecular flexibility index (Phi) is 8.92. The highest BCUT2D eigenvalue weighted by atomic mass is 32.1. The van der Waals surface area contributed by atoms with Gasteiger partial charge in [-0.15, -0.1) is 11.3 Å². The van der Waals surface area contributed by atoms with Crippen molar-refractivity contribution in [3.63, 3.8) is 0 Å². The number of carbonyl (C=O) groups is 2. The van der Waals surface area contributed by atoms with Crippen LogP contribution in [0.3, 0.4) is 0 Å². The van der Waals surface area contributed by atoms with E-state index < -0.39 is 23.4 Å². The Bertz CT molecular complexity index is 1850. The number of anilines is 4. The molecule has 10 nitrogen and oxygen atoms in total. The Labute approximate surface area is 262 Å². The first-order valence-electron chi connectivity index (χ1n) is 12.9. The Balaban J connectivity index is 1.31. The highest BCUT2D eigenvalue weighted by molar-refractivity contribution is 7.23. The summed E-state index contributed by atoms with van der Waals surface area (Å²) in [6.07, 6.45) is -4.99. The molecule has 0 saturated carbocycles. The Morgan fingerprint density at radius 3 is 2.16 bits per heavy atom. The number of rotatable bonds is 10. The molecule has 0 fully saturated rings. The lowest BCUT2D eigenvalue weighted by atomic mass is 10.1. The fourth-order valence-corrected chi connectivity index (χ4v) is 6.06. The van der Waals surface area contributed by atoms with Crippen LogP contribution >= 0.6 is 22.7 Å². The van der Waals surface area contributed by atoms with Crippen molar-refractivity contribution >= 4 is 56.7 Å². The number of ketones is 1. The van der Waals surface area contributed by atoms with E-state index in [0.29, 0.717) is 60.7 Å². The number of hydrogen-bond donors (Lipinski definition) is 3. The van der Waals surface area contributed by atoms with E-state index in [4.69, 9.17) is 24.9 Å². The third-order valence-electron chi connectivity index (χ3n) is 6.35. The first kappa shape index (κ1) is 31.3. The third kappa shape index (κ3) is 6.84. The number of aromatic nitrogens is 2. The van der Waals surface area contributed by atoms with Crippen molar-refractivity contribution in [2.24, 2.45) is 0 Å². The Hall–Kier alpha value is -5.15. The second-order valence-corrected chi connectivity index (χ2v) is 11.1. The minimum Gasteiger partial charge on any atom is -0.493 e. The highest BCUT2D eigenvalue weighted by Crippen LogP contribution is 2.43. The summed E-state index contributed by atoms with van der Waals surface area (Å²) in [5.74, 6) is -0.831. The topological polar surface area (TPSA) is 138 Å². The van der Waals surface area contributed by atoms with Gasteiger partial charge in [0.25, 0.3) is 11.7 Å². The van der Waals surface area contributed by atoms with Gasteiger partial charge in [-0.2, -0.15) is 13.2 Å². The first-order chi connectivity index (χ1) is 21.5.